The van der Waals surface area contributed by atoms with Crippen LogP contribution in [0.1, 0.15) is 59.3 Å². The van der Waals surface area contributed by atoms with E-state index in [1.54, 1.807) is 0 Å². The number of amidine groups is 1. The minimum atomic E-state index is -0.200. The fourth-order valence-electron chi connectivity index (χ4n) is 2.27. The smallest absolute Gasteiger partial charge is 0.144 e. The first-order chi connectivity index (χ1) is 8.51. The fraction of sp³-hybridized carbons (Fsp3) is 0.929. The summed E-state index contributed by atoms with van der Waals surface area (Å²) in [5, 5.41) is 11.9. The molecule has 0 aromatic rings. The summed E-state index contributed by atoms with van der Waals surface area (Å²) in [7, 11) is 0. The predicted octanol–water partition coefficient (Wildman–Crippen LogP) is 2.80. The van der Waals surface area contributed by atoms with E-state index in [1.807, 2.05) is 13.8 Å². The summed E-state index contributed by atoms with van der Waals surface area (Å²) in [6.45, 7) is 8.69. The minimum absolute atomic E-state index is 0.200. The maximum Gasteiger partial charge on any atom is 0.144 e. The monoisotopic (exact) mass is 255 g/mol. The van der Waals surface area contributed by atoms with Crippen LogP contribution in [0, 0.1) is 5.41 Å². The topological polar surface area (TPSA) is 61.8 Å². The van der Waals surface area contributed by atoms with Crippen LogP contribution in [0.5, 0.6) is 0 Å². The van der Waals surface area contributed by atoms with Crippen molar-refractivity contribution in [1.29, 1.82) is 0 Å². The molecule has 18 heavy (non-hydrogen) atoms. The van der Waals surface area contributed by atoms with Crippen molar-refractivity contribution in [3.8, 4) is 0 Å². The van der Waals surface area contributed by atoms with E-state index in [4.69, 9.17) is 10.9 Å². The SMILES string of the molecule is CCCCN(CCCC(C)(C)C(N)=NO)C1CC1. The third-order valence-corrected chi connectivity index (χ3v) is 3.91. The second-order valence-corrected chi connectivity index (χ2v) is 6.09. The first-order valence-electron chi connectivity index (χ1n) is 7.23. The highest BCUT2D eigenvalue weighted by Gasteiger charge is 2.29. The van der Waals surface area contributed by atoms with Gasteiger partial charge in [0, 0.05) is 11.5 Å². The van der Waals surface area contributed by atoms with Crippen LogP contribution in [0.25, 0.3) is 0 Å². The molecule has 0 aromatic carbocycles. The maximum absolute atomic E-state index is 8.75. The Labute approximate surface area is 111 Å². The van der Waals surface area contributed by atoms with Gasteiger partial charge in [0.25, 0.3) is 0 Å². The van der Waals surface area contributed by atoms with Crippen LogP contribution in [0.4, 0.5) is 0 Å². The lowest BCUT2D eigenvalue weighted by molar-refractivity contribution is 0.242. The summed E-state index contributed by atoms with van der Waals surface area (Å²) in [4.78, 5) is 2.62. The first-order valence-corrected chi connectivity index (χ1v) is 7.23. The van der Waals surface area contributed by atoms with Crippen molar-refractivity contribution >= 4 is 5.84 Å². The van der Waals surface area contributed by atoms with E-state index in [0.717, 1.165) is 25.4 Å². The van der Waals surface area contributed by atoms with Gasteiger partial charge in [0.2, 0.25) is 0 Å². The standard InChI is InChI=1S/C14H29N3O/c1-4-5-10-17(12-7-8-12)11-6-9-14(2,3)13(15)16-18/h12,18H,4-11H2,1-3H3,(H2,15,16). The molecule has 4 nitrogen and oxygen atoms in total. The molecular formula is C14H29N3O. The number of unbranched alkanes of at least 4 members (excludes halogenated alkanes) is 1. The van der Waals surface area contributed by atoms with E-state index in [0.29, 0.717) is 5.84 Å². The molecule has 1 rings (SSSR count). The third-order valence-electron chi connectivity index (χ3n) is 3.91. The van der Waals surface area contributed by atoms with Crippen LogP contribution in [0.3, 0.4) is 0 Å². The molecule has 4 heteroatoms. The molecule has 1 saturated carbocycles. The van der Waals surface area contributed by atoms with E-state index < -0.39 is 0 Å². The Kier molecular flexibility index (Phi) is 5.93. The van der Waals surface area contributed by atoms with Crippen molar-refractivity contribution in [2.45, 2.75) is 65.3 Å². The van der Waals surface area contributed by atoms with E-state index in [2.05, 4.69) is 17.0 Å². The molecule has 0 spiro atoms. The van der Waals surface area contributed by atoms with Gasteiger partial charge in [-0.05, 0) is 45.2 Å². The van der Waals surface area contributed by atoms with Gasteiger partial charge in [-0.25, -0.2) is 0 Å². The molecule has 1 aliphatic carbocycles. The summed E-state index contributed by atoms with van der Waals surface area (Å²) >= 11 is 0. The van der Waals surface area contributed by atoms with Crippen molar-refractivity contribution < 1.29 is 5.21 Å². The Morgan fingerprint density at radius 3 is 2.44 bits per heavy atom. The van der Waals surface area contributed by atoms with Crippen LogP contribution in [-0.4, -0.2) is 35.1 Å². The molecular weight excluding hydrogens is 226 g/mol. The number of nitrogens with two attached hydrogens (primary N) is 1. The Morgan fingerprint density at radius 1 is 1.33 bits per heavy atom. The highest BCUT2D eigenvalue weighted by atomic mass is 16.4. The lowest BCUT2D eigenvalue weighted by Gasteiger charge is -2.26. The minimum Gasteiger partial charge on any atom is -0.409 e. The van der Waals surface area contributed by atoms with Crippen molar-refractivity contribution in [3.63, 3.8) is 0 Å². The average Bonchev–Trinajstić information content (AvgIpc) is 3.16. The van der Waals surface area contributed by atoms with Crippen LogP contribution < -0.4 is 5.73 Å². The zero-order valence-electron chi connectivity index (χ0n) is 12.2. The molecule has 1 fully saturated rings. The van der Waals surface area contributed by atoms with Gasteiger partial charge in [-0.15, -0.1) is 0 Å². The number of oxime groups is 1. The summed E-state index contributed by atoms with van der Waals surface area (Å²) in [5.41, 5.74) is 5.51. The molecule has 3 N–H and O–H groups in total. The summed E-state index contributed by atoms with van der Waals surface area (Å²) in [5.74, 6) is 0.342. The van der Waals surface area contributed by atoms with Gasteiger partial charge < -0.3 is 15.8 Å². The van der Waals surface area contributed by atoms with Crippen molar-refractivity contribution in [3.05, 3.63) is 0 Å². The van der Waals surface area contributed by atoms with Gasteiger partial charge in [-0.1, -0.05) is 32.3 Å². The van der Waals surface area contributed by atoms with E-state index >= 15 is 0 Å². The molecule has 0 saturated heterocycles. The molecule has 0 aromatic heterocycles. The van der Waals surface area contributed by atoms with Crippen LogP contribution in [0.15, 0.2) is 5.16 Å². The molecule has 0 radical (unpaired) electrons. The molecule has 0 atom stereocenters. The summed E-state index contributed by atoms with van der Waals surface area (Å²) in [6.07, 6.45) is 7.38. The predicted molar refractivity (Wildman–Crippen MR) is 75.9 cm³/mol. The lowest BCUT2D eigenvalue weighted by Crippen LogP contribution is -2.34. The summed E-state index contributed by atoms with van der Waals surface area (Å²) < 4.78 is 0. The average molecular weight is 255 g/mol. The molecule has 0 heterocycles. The number of hydrogen-bond acceptors (Lipinski definition) is 3. The van der Waals surface area contributed by atoms with Gasteiger partial charge >= 0.3 is 0 Å². The molecule has 1 aliphatic rings. The highest BCUT2D eigenvalue weighted by Crippen LogP contribution is 2.29. The molecule has 0 amide bonds. The fourth-order valence-corrected chi connectivity index (χ4v) is 2.27. The maximum atomic E-state index is 8.75. The normalized spacial score (nSPS) is 17.4. The second-order valence-electron chi connectivity index (χ2n) is 6.09. The first kappa shape index (κ1) is 15.3. The molecule has 106 valence electrons. The Morgan fingerprint density at radius 2 is 1.94 bits per heavy atom. The molecule has 0 unspecified atom stereocenters. The number of hydrogen-bond donors (Lipinski definition) is 2. The van der Waals surface area contributed by atoms with E-state index in [9.17, 15) is 0 Å². The Bertz CT molecular complexity index is 272. The zero-order chi connectivity index (χ0) is 13.6. The van der Waals surface area contributed by atoms with Crippen molar-refractivity contribution in [2.75, 3.05) is 13.1 Å². The van der Waals surface area contributed by atoms with Crippen LogP contribution in [0.2, 0.25) is 0 Å². The second kappa shape index (κ2) is 6.98. The quantitative estimate of drug-likeness (QED) is 0.288. The Hall–Kier alpha value is -0.770. The number of nitrogens with zero attached hydrogens (tertiary/aromatic N) is 2. The highest BCUT2D eigenvalue weighted by molar-refractivity contribution is 5.85. The van der Waals surface area contributed by atoms with Gasteiger partial charge in [0.1, 0.15) is 5.84 Å². The molecule has 0 aliphatic heterocycles. The number of rotatable bonds is 9. The van der Waals surface area contributed by atoms with E-state index in [-0.39, 0.29) is 5.41 Å². The van der Waals surface area contributed by atoms with Gasteiger partial charge in [-0.2, -0.15) is 0 Å². The van der Waals surface area contributed by atoms with Crippen molar-refractivity contribution in [2.24, 2.45) is 16.3 Å². The zero-order valence-corrected chi connectivity index (χ0v) is 12.2. The molecule has 0 bridgehead atoms. The van der Waals surface area contributed by atoms with Crippen LogP contribution >= 0.6 is 0 Å². The van der Waals surface area contributed by atoms with E-state index in [1.165, 1.54) is 32.2 Å². The summed E-state index contributed by atoms with van der Waals surface area (Å²) in [6, 6.07) is 0.837. The Balaban J connectivity index is 2.29. The lowest BCUT2D eigenvalue weighted by atomic mass is 9.86. The largest absolute Gasteiger partial charge is 0.409 e. The van der Waals surface area contributed by atoms with Gasteiger partial charge in [-0.3, -0.25) is 0 Å². The van der Waals surface area contributed by atoms with Crippen LogP contribution in [-0.2, 0) is 0 Å². The van der Waals surface area contributed by atoms with Crippen molar-refractivity contribution in [1.82, 2.24) is 4.90 Å². The third kappa shape index (κ3) is 4.84. The van der Waals surface area contributed by atoms with Gasteiger partial charge in [0.05, 0.1) is 0 Å². The van der Waals surface area contributed by atoms with Gasteiger partial charge in [0.15, 0.2) is 0 Å².